The summed E-state index contributed by atoms with van der Waals surface area (Å²) in [6.07, 6.45) is 0. The SMILES string of the molecule is O=C1C(=O)N(CCO)[C@@H](c2ccccc2F)C1=C(O)c1ccc([N+](=O)[O-])cc1. The second-order valence-corrected chi connectivity index (χ2v) is 6.04. The first-order valence-corrected chi connectivity index (χ1v) is 8.25. The van der Waals surface area contributed by atoms with Gasteiger partial charge in [0.05, 0.1) is 23.1 Å². The average molecular weight is 386 g/mol. The van der Waals surface area contributed by atoms with Crippen molar-refractivity contribution in [3.05, 3.63) is 81.2 Å². The molecule has 28 heavy (non-hydrogen) atoms. The molecule has 1 heterocycles. The summed E-state index contributed by atoms with van der Waals surface area (Å²) in [4.78, 5) is 36.1. The van der Waals surface area contributed by atoms with Gasteiger partial charge in [0, 0.05) is 29.8 Å². The number of nitrogens with zero attached hydrogens (tertiary/aromatic N) is 2. The Kier molecular flexibility index (Phi) is 5.18. The number of ketones is 1. The maximum Gasteiger partial charge on any atom is 0.295 e. The van der Waals surface area contributed by atoms with Crippen molar-refractivity contribution in [1.29, 1.82) is 0 Å². The molecule has 2 aromatic carbocycles. The Labute approximate surface area is 158 Å². The van der Waals surface area contributed by atoms with Gasteiger partial charge in [0.25, 0.3) is 17.4 Å². The van der Waals surface area contributed by atoms with E-state index in [1.807, 2.05) is 0 Å². The Morgan fingerprint density at radius 2 is 1.79 bits per heavy atom. The van der Waals surface area contributed by atoms with Crippen LogP contribution < -0.4 is 0 Å². The van der Waals surface area contributed by atoms with Crippen molar-refractivity contribution in [2.24, 2.45) is 0 Å². The Morgan fingerprint density at radius 1 is 1.14 bits per heavy atom. The second kappa shape index (κ2) is 7.57. The molecule has 0 spiro atoms. The number of rotatable bonds is 5. The molecule has 1 aliphatic rings. The number of hydrogen-bond acceptors (Lipinski definition) is 6. The molecule has 1 aliphatic heterocycles. The number of nitro groups is 1. The summed E-state index contributed by atoms with van der Waals surface area (Å²) in [5.74, 6) is -3.28. The first kappa shape index (κ1) is 19.2. The third kappa shape index (κ3) is 3.23. The van der Waals surface area contributed by atoms with E-state index in [4.69, 9.17) is 0 Å². The zero-order valence-corrected chi connectivity index (χ0v) is 14.4. The lowest BCUT2D eigenvalue weighted by Crippen LogP contribution is -2.32. The molecular formula is C19H15FN2O6. The molecule has 1 saturated heterocycles. The van der Waals surface area contributed by atoms with Gasteiger partial charge in [0.15, 0.2) is 0 Å². The summed E-state index contributed by atoms with van der Waals surface area (Å²) in [6, 6.07) is 8.98. The predicted molar refractivity (Wildman–Crippen MR) is 95.6 cm³/mol. The zero-order chi connectivity index (χ0) is 20.4. The number of nitro benzene ring substituents is 1. The van der Waals surface area contributed by atoms with Gasteiger partial charge in [-0.25, -0.2) is 4.39 Å². The van der Waals surface area contributed by atoms with Gasteiger partial charge in [-0.05, 0) is 18.2 Å². The normalized spacial score (nSPS) is 18.5. The van der Waals surface area contributed by atoms with Crippen LogP contribution in [-0.4, -0.2) is 44.9 Å². The van der Waals surface area contributed by atoms with Crippen LogP contribution in [0.1, 0.15) is 17.2 Å². The quantitative estimate of drug-likeness (QED) is 0.267. The molecule has 3 rings (SSSR count). The standard InChI is InChI=1S/C19H15FN2O6/c20-14-4-2-1-3-13(14)16-15(18(25)19(26)21(16)9-10-23)17(24)11-5-7-12(8-6-11)22(27)28/h1-8,16,23-24H,9-10H2/t16-/m0/s1. The molecule has 2 N–H and O–H groups in total. The van der Waals surface area contributed by atoms with E-state index in [9.17, 15) is 34.3 Å². The number of halogens is 1. The van der Waals surface area contributed by atoms with E-state index in [0.29, 0.717) is 0 Å². The van der Waals surface area contributed by atoms with E-state index in [0.717, 1.165) is 23.1 Å². The Hall–Kier alpha value is -3.59. The summed E-state index contributed by atoms with van der Waals surface area (Å²) in [6.45, 7) is -0.698. The molecule has 0 bridgehead atoms. The highest BCUT2D eigenvalue weighted by molar-refractivity contribution is 6.46. The molecule has 144 valence electrons. The Morgan fingerprint density at radius 3 is 2.36 bits per heavy atom. The second-order valence-electron chi connectivity index (χ2n) is 6.04. The van der Waals surface area contributed by atoms with Gasteiger partial charge < -0.3 is 15.1 Å². The van der Waals surface area contributed by atoms with Gasteiger partial charge in [0.1, 0.15) is 11.6 Å². The lowest BCUT2D eigenvalue weighted by molar-refractivity contribution is -0.384. The highest BCUT2D eigenvalue weighted by Gasteiger charge is 2.46. The molecular weight excluding hydrogens is 371 g/mol. The molecule has 0 aromatic heterocycles. The van der Waals surface area contributed by atoms with E-state index in [-0.39, 0.29) is 28.9 Å². The van der Waals surface area contributed by atoms with Crippen LogP contribution in [0.15, 0.2) is 54.1 Å². The molecule has 0 aliphatic carbocycles. The van der Waals surface area contributed by atoms with Crippen LogP contribution in [-0.2, 0) is 9.59 Å². The first-order valence-electron chi connectivity index (χ1n) is 8.25. The highest BCUT2D eigenvalue weighted by Crippen LogP contribution is 2.40. The molecule has 0 radical (unpaired) electrons. The fourth-order valence-electron chi connectivity index (χ4n) is 3.14. The van der Waals surface area contributed by atoms with Crippen LogP contribution in [0.25, 0.3) is 5.76 Å². The number of aliphatic hydroxyl groups excluding tert-OH is 2. The topological polar surface area (TPSA) is 121 Å². The minimum Gasteiger partial charge on any atom is -0.507 e. The summed E-state index contributed by atoms with van der Waals surface area (Å²) in [5, 5.41) is 30.7. The number of non-ortho nitro benzene ring substituents is 1. The molecule has 1 amide bonds. The van der Waals surface area contributed by atoms with Crippen LogP contribution >= 0.6 is 0 Å². The van der Waals surface area contributed by atoms with Crippen molar-refractivity contribution in [3.63, 3.8) is 0 Å². The molecule has 2 aromatic rings. The number of likely N-dealkylation sites (tertiary alicyclic amines) is 1. The van der Waals surface area contributed by atoms with Crippen LogP contribution in [0, 0.1) is 15.9 Å². The van der Waals surface area contributed by atoms with E-state index in [1.165, 1.54) is 30.3 Å². The van der Waals surface area contributed by atoms with Crippen molar-refractivity contribution in [3.8, 4) is 0 Å². The third-order valence-corrected chi connectivity index (χ3v) is 4.43. The van der Waals surface area contributed by atoms with Gasteiger partial charge in [-0.1, -0.05) is 18.2 Å². The van der Waals surface area contributed by atoms with Gasteiger partial charge in [-0.3, -0.25) is 19.7 Å². The monoisotopic (exact) mass is 386 g/mol. The first-order chi connectivity index (χ1) is 13.4. The number of benzene rings is 2. The highest BCUT2D eigenvalue weighted by atomic mass is 19.1. The van der Waals surface area contributed by atoms with Crippen molar-refractivity contribution in [1.82, 2.24) is 4.90 Å². The molecule has 9 heteroatoms. The van der Waals surface area contributed by atoms with Crippen molar-refractivity contribution in [2.45, 2.75) is 6.04 Å². The smallest absolute Gasteiger partial charge is 0.295 e. The van der Waals surface area contributed by atoms with Crippen molar-refractivity contribution >= 4 is 23.1 Å². The van der Waals surface area contributed by atoms with Crippen LogP contribution in [0.2, 0.25) is 0 Å². The molecule has 1 atom stereocenters. The van der Waals surface area contributed by atoms with E-state index in [1.54, 1.807) is 0 Å². The fraction of sp³-hybridized carbons (Fsp3) is 0.158. The van der Waals surface area contributed by atoms with E-state index >= 15 is 0 Å². The maximum absolute atomic E-state index is 14.4. The van der Waals surface area contributed by atoms with Crippen molar-refractivity contribution < 1.29 is 29.1 Å². The van der Waals surface area contributed by atoms with E-state index < -0.39 is 40.8 Å². The predicted octanol–water partition coefficient (Wildman–Crippen LogP) is 2.15. The summed E-state index contributed by atoms with van der Waals surface area (Å²) in [7, 11) is 0. The van der Waals surface area contributed by atoms with Crippen molar-refractivity contribution in [2.75, 3.05) is 13.2 Å². The number of carbonyl (C=O) groups excluding carboxylic acids is 2. The lowest BCUT2D eigenvalue weighted by atomic mass is 9.95. The van der Waals surface area contributed by atoms with Gasteiger partial charge >= 0.3 is 0 Å². The largest absolute Gasteiger partial charge is 0.507 e. The molecule has 0 saturated carbocycles. The molecule has 8 nitrogen and oxygen atoms in total. The number of amides is 1. The third-order valence-electron chi connectivity index (χ3n) is 4.43. The van der Waals surface area contributed by atoms with Crippen LogP contribution in [0.3, 0.4) is 0 Å². The van der Waals surface area contributed by atoms with Gasteiger partial charge in [-0.15, -0.1) is 0 Å². The molecule has 0 unspecified atom stereocenters. The summed E-state index contributed by atoms with van der Waals surface area (Å²) in [5.41, 5.74) is -0.520. The van der Waals surface area contributed by atoms with E-state index in [2.05, 4.69) is 0 Å². The number of carbonyl (C=O) groups is 2. The average Bonchev–Trinajstić information content (AvgIpc) is 2.93. The maximum atomic E-state index is 14.4. The number of β-amino-alcohol motifs (C(OH)–C–C–N with tert-alkyl or cyclic N) is 1. The zero-order valence-electron chi connectivity index (χ0n) is 14.4. The number of Topliss-reactive ketones (excluding diaryl/α,β-unsaturated/α-hetero) is 1. The fourth-order valence-corrected chi connectivity index (χ4v) is 3.14. The number of aliphatic hydroxyl groups is 2. The number of hydrogen-bond donors (Lipinski definition) is 2. The van der Waals surface area contributed by atoms with Crippen LogP contribution in [0.4, 0.5) is 10.1 Å². The minimum atomic E-state index is -1.23. The van der Waals surface area contributed by atoms with Gasteiger partial charge in [-0.2, -0.15) is 0 Å². The van der Waals surface area contributed by atoms with Gasteiger partial charge in [0.2, 0.25) is 0 Å². The Bertz CT molecular complexity index is 986. The minimum absolute atomic E-state index is 0.0152. The summed E-state index contributed by atoms with van der Waals surface area (Å²) < 4.78 is 14.4. The van der Waals surface area contributed by atoms with Crippen LogP contribution in [0.5, 0.6) is 0 Å². The summed E-state index contributed by atoms with van der Waals surface area (Å²) >= 11 is 0. The lowest BCUT2D eigenvalue weighted by Gasteiger charge is -2.24. The molecule has 1 fully saturated rings. The Balaban J connectivity index is 2.18.